The van der Waals surface area contributed by atoms with Gasteiger partial charge in [-0.05, 0) is 44.7 Å². The molecule has 3 nitrogen and oxygen atoms in total. The molecule has 86 valence electrons. The van der Waals surface area contributed by atoms with Crippen molar-refractivity contribution in [3.05, 3.63) is 0 Å². The van der Waals surface area contributed by atoms with Gasteiger partial charge in [-0.1, -0.05) is 13.8 Å². The Hall–Kier alpha value is -0.590. The van der Waals surface area contributed by atoms with Crippen LogP contribution < -0.4 is 5.73 Å². The fourth-order valence-corrected chi connectivity index (χ4v) is 1.83. The van der Waals surface area contributed by atoms with Crippen LogP contribution in [-0.4, -0.2) is 30.1 Å². The molecule has 1 aliphatic heterocycles. The quantitative estimate of drug-likeness (QED) is 0.770. The van der Waals surface area contributed by atoms with E-state index in [1.54, 1.807) is 6.92 Å². The van der Waals surface area contributed by atoms with Crippen LogP contribution in [0.4, 0.5) is 0 Å². The molecule has 0 radical (unpaired) electrons. The van der Waals surface area contributed by atoms with Gasteiger partial charge in [-0.25, -0.2) is 0 Å². The molecule has 0 aromatic heterocycles. The summed E-state index contributed by atoms with van der Waals surface area (Å²) in [5, 5.41) is 8.81. The molecule has 1 unspecified atom stereocenters. The molecule has 1 fully saturated rings. The maximum absolute atomic E-state index is 8.81. The van der Waals surface area contributed by atoms with Crippen LogP contribution in [0.1, 0.15) is 40.0 Å². The average molecular weight is 209 g/mol. The number of nitrogens with zero attached hydrogens (tertiary/aromatic N) is 2. The molecular formula is C12H23N3. The lowest BCUT2D eigenvalue weighted by Crippen LogP contribution is -2.42. The van der Waals surface area contributed by atoms with Crippen LogP contribution >= 0.6 is 0 Å². The maximum Gasteiger partial charge on any atom is 0.102 e. The van der Waals surface area contributed by atoms with Crippen molar-refractivity contribution in [2.45, 2.75) is 45.6 Å². The number of nitrogens with two attached hydrogens (primary N) is 1. The summed E-state index contributed by atoms with van der Waals surface area (Å²) in [4.78, 5) is 2.42. The minimum absolute atomic E-state index is 0.498. The van der Waals surface area contributed by atoms with E-state index < -0.39 is 5.54 Å². The molecule has 0 aliphatic carbocycles. The van der Waals surface area contributed by atoms with E-state index in [1.165, 1.54) is 12.8 Å². The van der Waals surface area contributed by atoms with Gasteiger partial charge in [-0.3, -0.25) is 0 Å². The standard InChI is InChI=1S/C12H23N3/c1-11(2)4-7-15(8-5-11)9-6-12(3,14)10-13/h4-9,14H2,1-3H3. The van der Waals surface area contributed by atoms with E-state index in [2.05, 4.69) is 24.8 Å². The summed E-state index contributed by atoms with van der Waals surface area (Å²) in [5.74, 6) is 0. The Balaban J connectivity index is 2.29. The summed E-state index contributed by atoms with van der Waals surface area (Å²) in [6, 6.07) is 2.15. The fourth-order valence-electron chi connectivity index (χ4n) is 1.83. The summed E-state index contributed by atoms with van der Waals surface area (Å²) in [6.45, 7) is 9.71. The monoisotopic (exact) mass is 209 g/mol. The van der Waals surface area contributed by atoms with E-state index in [4.69, 9.17) is 11.0 Å². The minimum Gasteiger partial charge on any atom is -0.314 e. The highest BCUT2D eigenvalue weighted by atomic mass is 15.1. The maximum atomic E-state index is 8.81. The highest BCUT2D eigenvalue weighted by molar-refractivity contribution is 5.01. The topological polar surface area (TPSA) is 53.1 Å². The first-order valence-electron chi connectivity index (χ1n) is 5.77. The number of nitriles is 1. The van der Waals surface area contributed by atoms with Gasteiger partial charge in [0.25, 0.3) is 0 Å². The van der Waals surface area contributed by atoms with E-state index >= 15 is 0 Å². The largest absolute Gasteiger partial charge is 0.314 e. The van der Waals surface area contributed by atoms with E-state index in [0.29, 0.717) is 5.41 Å². The minimum atomic E-state index is -0.660. The van der Waals surface area contributed by atoms with E-state index in [-0.39, 0.29) is 0 Å². The number of piperidine rings is 1. The first-order valence-corrected chi connectivity index (χ1v) is 5.77. The zero-order valence-electron chi connectivity index (χ0n) is 10.2. The molecule has 1 aliphatic rings. The molecule has 0 spiro atoms. The van der Waals surface area contributed by atoms with Crippen LogP contribution in [0.3, 0.4) is 0 Å². The van der Waals surface area contributed by atoms with Crippen molar-refractivity contribution in [1.29, 1.82) is 5.26 Å². The molecule has 1 saturated heterocycles. The van der Waals surface area contributed by atoms with E-state index in [1.807, 2.05) is 0 Å². The van der Waals surface area contributed by atoms with Crippen LogP contribution in [0.2, 0.25) is 0 Å². The molecule has 0 aromatic carbocycles. The Morgan fingerprint density at radius 3 is 2.40 bits per heavy atom. The molecular weight excluding hydrogens is 186 g/mol. The molecule has 0 bridgehead atoms. The van der Waals surface area contributed by atoms with Crippen molar-refractivity contribution in [2.24, 2.45) is 11.1 Å². The molecule has 3 heteroatoms. The second-order valence-corrected chi connectivity index (χ2v) is 5.79. The number of likely N-dealkylation sites (tertiary alicyclic amines) is 1. The van der Waals surface area contributed by atoms with Gasteiger partial charge < -0.3 is 10.6 Å². The van der Waals surface area contributed by atoms with Gasteiger partial charge in [0, 0.05) is 6.54 Å². The van der Waals surface area contributed by atoms with Crippen LogP contribution in [0.25, 0.3) is 0 Å². The third-order valence-corrected chi connectivity index (χ3v) is 3.41. The van der Waals surface area contributed by atoms with Crippen molar-refractivity contribution in [2.75, 3.05) is 19.6 Å². The normalized spacial score (nSPS) is 25.5. The van der Waals surface area contributed by atoms with Gasteiger partial charge >= 0.3 is 0 Å². The SMILES string of the molecule is CC(N)(C#N)CCN1CCC(C)(C)CC1. The Morgan fingerprint density at radius 1 is 1.40 bits per heavy atom. The second kappa shape index (κ2) is 4.51. The van der Waals surface area contributed by atoms with Crippen molar-refractivity contribution < 1.29 is 0 Å². The molecule has 15 heavy (non-hydrogen) atoms. The van der Waals surface area contributed by atoms with Crippen molar-refractivity contribution in [3.63, 3.8) is 0 Å². The zero-order valence-corrected chi connectivity index (χ0v) is 10.2. The third-order valence-electron chi connectivity index (χ3n) is 3.41. The van der Waals surface area contributed by atoms with Crippen molar-refractivity contribution in [1.82, 2.24) is 4.90 Å². The van der Waals surface area contributed by atoms with Crippen LogP contribution in [0.15, 0.2) is 0 Å². The lowest BCUT2D eigenvalue weighted by molar-refractivity contribution is 0.128. The lowest BCUT2D eigenvalue weighted by atomic mass is 9.82. The average Bonchev–Trinajstić information content (AvgIpc) is 2.16. The van der Waals surface area contributed by atoms with Crippen LogP contribution in [-0.2, 0) is 0 Å². The molecule has 0 saturated carbocycles. The molecule has 0 aromatic rings. The Morgan fingerprint density at radius 2 is 1.93 bits per heavy atom. The molecule has 2 N–H and O–H groups in total. The summed E-state index contributed by atoms with van der Waals surface area (Å²) in [6.07, 6.45) is 3.27. The van der Waals surface area contributed by atoms with Gasteiger partial charge in [0.15, 0.2) is 0 Å². The van der Waals surface area contributed by atoms with Gasteiger partial charge in [-0.2, -0.15) is 5.26 Å². The number of rotatable bonds is 3. The highest BCUT2D eigenvalue weighted by Gasteiger charge is 2.26. The van der Waals surface area contributed by atoms with Crippen LogP contribution in [0, 0.1) is 16.7 Å². The second-order valence-electron chi connectivity index (χ2n) is 5.79. The number of hydrogen-bond acceptors (Lipinski definition) is 3. The van der Waals surface area contributed by atoms with Crippen molar-refractivity contribution >= 4 is 0 Å². The smallest absolute Gasteiger partial charge is 0.102 e. The Bertz CT molecular complexity index is 240. The van der Waals surface area contributed by atoms with Gasteiger partial charge in [0.05, 0.1) is 6.07 Å². The third kappa shape index (κ3) is 4.19. The van der Waals surface area contributed by atoms with Crippen molar-refractivity contribution in [3.8, 4) is 6.07 Å². The Labute approximate surface area is 93.2 Å². The molecule has 0 amide bonds. The summed E-state index contributed by atoms with van der Waals surface area (Å²) >= 11 is 0. The fraction of sp³-hybridized carbons (Fsp3) is 0.917. The summed E-state index contributed by atoms with van der Waals surface area (Å²) in [7, 11) is 0. The number of hydrogen-bond donors (Lipinski definition) is 1. The lowest BCUT2D eigenvalue weighted by Gasteiger charge is -2.37. The van der Waals surface area contributed by atoms with E-state index in [0.717, 1.165) is 26.1 Å². The molecule has 1 atom stereocenters. The highest BCUT2D eigenvalue weighted by Crippen LogP contribution is 2.29. The predicted octanol–water partition coefficient (Wildman–Crippen LogP) is 1.74. The van der Waals surface area contributed by atoms with Crippen LogP contribution in [0.5, 0.6) is 0 Å². The first kappa shape index (κ1) is 12.5. The van der Waals surface area contributed by atoms with Gasteiger partial charge in [0.2, 0.25) is 0 Å². The summed E-state index contributed by atoms with van der Waals surface area (Å²) in [5.41, 5.74) is 5.64. The molecule has 1 rings (SSSR count). The zero-order chi connectivity index (χ0) is 11.5. The first-order chi connectivity index (χ1) is 6.85. The van der Waals surface area contributed by atoms with Gasteiger partial charge in [0.1, 0.15) is 5.54 Å². The Kier molecular flexibility index (Phi) is 3.75. The van der Waals surface area contributed by atoms with E-state index in [9.17, 15) is 0 Å². The molecule has 1 heterocycles. The summed E-state index contributed by atoms with van der Waals surface area (Å²) < 4.78 is 0. The van der Waals surface area contributed by atoms with Gasteiger partial charge in [-0.15, -0.1) is 0 Å². The predicted molar refractivity (Wildman–Crippen MR) is 62.3 cm³/mol.